The molecule has 17 heavy (non-hydrogen) atoms. The molecule has 0 saturated heterocycles. The predicted octanol–water partition coefficient (Wildman–Crippen LogP) is 3.78. The molecule has 0 bridgehead atoms. The lowest BCUT2D eigenvalue weighted by Crippen LogP contribution is -2.18. The summed E-state index contributed by atoms with van der Waals surface area (Å²) in [6.45, 7) is 4.09. The molecule has 2 heteroatoms. The summed E-state index contributed by atoms with van der Waals surface area (Å²) in [6, 6.07) is 8.69. The van der Waals surface area contributed by atoms with Crippen LogP contribution in [-0.4, -0.2) is 12.1 Å². The first-order valence-electron chi connectivity index (χ1n) is 6.63. The van der Waals surface area contributed by atoms with Crippen molar-refractivity contribution in [3.05, 3.63) is 29.8 Å². The van der Waals surface area contributed by atoms with Crippen LogP contribution in [0.5, 0.6) is 5.75 Å². The van der Waals surface area contributed by atoms with Gasteiger partial charge >= 0.3 is 0 Å². The minimum Gasteiger partial charge on any atom is -0.491 e. The molecular formula is C15H22NO. The van der Waals surface area contributed by atoms with Crippen molar-refractivity contribution in [3.8, 4) is 5.75 Å². The molecule has 93 valence electrons. The van der Waals surface area contributed by atoms with E-state index >= 15 is 0 Å². The van der Waals surface area contributed by atoms with E-state index in [1.807, 2.05) is 13.8 Å². The van der Waals surface area contributed by atoms with Gasteiger partial charge in [0.05, 0.1) is 6.10 Å². The zero-order valence-electron chi connectivity index (χ0n) is 10.8. The molecule has 1 aliphatic rings. The van der Waals surface area contributed by atoms with Crippen LogP contribution in [0.3, 0.4) is 0 Å². The highest BCUT2D eigenvalue weighted by Crippen LogP contribution is 2.33. The van der Waals surface area contributed by atoms with Crippen molar-refractivity contribution in [2.75, 3.05) is 0 Å². The molecule has 0 spiro atoms. The molecule has 1 saturated carbocycles. The fourth-order valence-corrected chi connectivity index (χ4v) is 2.52. The molecule has 1 fully saturated rings. The molecule has 2 nitrogen and oxygen atoms in total. The fourth-order valence-electron chi connectivity index (χ4n) is 2.52. The van der Waals surface area contributed by atoms with Crippen LogP contribution < -0.4 is 10.5 Å². The number of hydrogen-bond donors (Lipinski definition) is 0. The molecule has 0 aromatic heterocycles. The number of hydrogen-bond acceptors (Lipinski definition) is 1. The average molecular weight is 232 g/mol. The van der Waals surface area contributed by atoms with E-state index in [-0.39, 0.29) is 12.1 Å². The maximum Gasteiger partial charge on any atom is 0.119 e. The lowest BCUT2D eigenvalue weighted by molar-refractivity contribution is 0.242. The number of benzene rings is 1. The number of ether oxygens (including phenoxy) is 1. The molecule has 1 N–H and O–H groups in total. The van der Waals surface area contributed by atoms with Gasteiger partial charge in [0, 0.05) is 6.04 Å². The third-order valence-electron chi connectivity index (χ3n) is 3.45. The Morgan fingerprint density at radius 1 is 1.06 bits per heavy atom. The molecule has 2 rings (SSSR count). The summed E-state index contributed by atoms with van der Waals surface area (Å²) in [5.41, 5.74) is 9.13. The van der Waals surface area contributed by atoms with Gasteiger partial charge < -0.3 is 4.74 Å². The van der Waals surface area contributed by atoms with Gasteiger partial charge in [0.2, 0.25) is 0 Å². The van der Waals surface area contributed by atoms with E-state index < -0.39 is 0 Å². The Morgan fingerprint density at radius 3 is 2.18 bits per heavy atom. The van der Waals surface area contributed by atoms with Gasteiger partial charge in [-0.05, 0) is 63.1 Å². The zero-order chi connectivity index (χ0) is 12.3. The molecule has 0 heterocycles. The van der Waals surface area contributed by atoms with Gasteiger partial charge in [0.1, 0.15) is 5.75 Å². The zero-order valence-corrected chi connectivity index (χ0v) is 10.8. The standard InChI is InChI=1S/C15H22NO/c1-11(2)17-15-9-5-13(6-10-15)12-3-7-14(16)8-4-12/h5-6,9-12,14,16H,3-4,7-8H2,1-2H3. The number of nitrogens with one attached hydrogen (secondary N) is 1. The van der Waals surface area contributed by atoms with Crippen molar-refractivity contribution in [1.82, 2.24) is 5.73 Å². The highest BCUT2D eigenvalue weighted by Gasteiger charge is 2.20. The van der Waals surface area contributed by atoms with Crippen molar-refractivity contribution in [1.29, 1.82) is 0 Å². The van der Waals surface area contributed by atoms with Crippen LogP contribution in [0.25, 0.3) is 0 Å². The summed E-state index contributed by atoms with van der Waals surface area (Å²) in [5, 5.41) is 0. The third kappa shape index (κ3) is 3.47. The molecule has 0 atom stereocenters. The second-order valence-corrected chi connectivity index (χ2v) is 5.28. The molecule has 0 unspecified atom stereocenters. The van der Waals surface area contributed by atoms with E-state index in [9.17, 15) is 0 Å². The maximum atomic E-state index is 7.72. The van der Waals surface area contributed by atoms with Gasteiger partial charge in [0.25, 0.3) is 0 Å². The minimum absolute atomic E-state index is 0.176. The lowest BCUT2D eigenvalue weighted by Gasteiger charge is -2.26. The van der Waals surface area contributed by atoms with Gasteiger partial charge in [-0.1, -0.05) is 12.1 Å². The van der Waals surface area contributed by atoms with Gasteiger partial charge in [-0.3, -0.25) is 5.73 Å². The van der Waals surface area contributed by atoms with E-state index in [4.69, 9.17) is 10.5 Å². The quantitative estimate of drug-likeness (QED) is 0.780. The second-order valence-electron chi connectivity index (χ2n) is 5.28. The van der Waals surface area contributed by atoms with Crippen molar-refractivity contribution >= 4 is 0 Å². The van der Waals surface area contributed by atoms with Crippen molar-refractivity contribution in [2.24, 2.45) is 0 Å². The van der Waals surface area contributed by atoms with Crippen LogP contribution in [0.15, 0.2) is 24.3 Å². The summed E-state index contributed by atoms with van der Waals surface area (Å²) in [4.78, 5) is 0. The molecule has 1 aliphatic carbocycles. The monoisotopic (exact) mass is 232 g/mol. The van der Waals surface area contributed by atoms with Crippen molar-refractivity contribution in [2.45, 2.75) is 57.6 Å². The maximum absolute atomic E-state index is 7.72. The highest BCUT2D eigenvalue weighted by atomic mass is 16.5. The van der Waals surface area contributed by atoms with Crippen LogP contribution in [0, 0.1) is 0 Å². The molecule has 1 aromatic rings. The molecule has 0 aliphatic heterocycles. The first-order valence-corrected chi connectivity index (χ1v) is 6.63. The van der Waals surface area contributed by atoms with Gasteiger partial charge in [0.15, 0.2) is 0 Å². The van der Waals surface area contributed by atoms with E-state index in [0.717, 1.165) is 18.6 Å². The average Bonchev–Trinajstić information content (AvgIpc) is 2.30. The predicted molar refractivity (Wildman–Crippen MR) is 70.3 cm³/mol. The summed E-state index contributed by atoms with van der Waals surface area (Å²) in [6.07, 6.45) is 4.67. The Balaban J connectivity index is 1.97. The number of rotatable bonds is 3. The van der Waals surface area contributed by atoms with Crippen molar-refractivity contribution < 1.29 is 4.74 Å². The molecule has 1 radical (unpaired) electrons. The Kier molecular flexibility index (Phi) is 4.06. The van der Waals surface area contributed by atoms with Crippen LogP contribution in [0.1, 0.15) is 51.0 Å². The van der Waals surface area contributed by atoms with Gasteiger partial charge in [-0.15, -0.1) is 0 Å². The van der Waals surface area contributed by atoms with Crippen molar-refractivity contribution in [3.63, 3.8) is 0 Å². The molecule has 0 amide bonds. The van der Waals surface area contributed by atoms with Gasteiger partial charge in [-0.2, -0.15) is 0 Å². The summed E-state index contributed by atoms with van der Waals surface area (Å²) in [7, 11) is 0. The topological polar surface area (TPSA) is 33.0 Å². The Bertz CT molecular complexity index is 336. The molecular weight excluding hydrogens is 210 g/mol. The van der Waals surface area contributed by atoms with Crippen LogP contribution in [0.2, 0.25) is 0 Å². The summed E-state index contributed by atoms with van der Waals surface area (Å²) < 4.78 is 5.64. The van der Waals surface area contributed by atoms with E-state index in [0.29, 0.717) is 5.92 Å². The Morgan fingerprint density at radius 2 is 1.65 bits per heavy atom. The summed E-state index contributed by atoms with van der Waals surface area (Å²) >= 11 is 0. The largest absolute Gasteiger partial charge is 0.491 e. The van der Waals surface area contributed by atoms with Gasteiger partial charge in [-0.25, -0.2) is 0 Å². The van der Waals surface area contributed by atoms with E-state index in [2.05, 4.69) is 24.3 Å². The SMILES string of the molecule is CC(C)Oc1ccc(C2CCC([NH])CC2)cc1. The fraction of sp³-hybridized carbons (Fsp3) is 0.600. The lowest BCUT2D eigenvalue weighted by atomic mass is 9.82. The smallest absolute Gasteiger partial charge is 0.119 e. The third-order valence-corrected chi connectivity index (χ3v) is 3.45. The minimum atomic E-state index is 0.176. The Labute approximate surface area is 104 Å². The Hall–Kier alpha value is -1.02. The van der Waals surface area contributed by atoms with Crippen LogP contribution >= 0.6 is 0 Å². The van der Waals surface area contributed by atoms with Crippen LogP contribution in [-0.2, 0) is 0 Å². The molecule has 1 aromatic carbocycles. The highest BCUT2D eigenvalue weighted by molar-refractivity contribution is 5.29. The first-order chi connectivity index (χ1) is 8.15. The first kappa shape index (κ1) is 12.4. The second kappa shape index (κ2) is 5.54. The normalized spacial score (nSPS) is 24.9. The van der Waals surface area contributed by atoms with Crippen LogP contribution in [0.4, 0.5) is 0 Å². The van der Waals surface area contributed by atoms with E-state index in [1.165, 1.54) is 18.4 Å². The van der Waals surface area contributed by atoms with E-state index in [1.54, 1.807) is 0 Å². The summed E-state index contributed by atoms with van der Waals surface area (Å²) in [5.74, 6) is 1.61.